The Morgan fingerprint density at radius 1 is 1.41 bits per heavy atom. The standard InChI is InChI=1S/C13H23NO3/c1-17-10-7-13(5-2-6-13)12(16)14-8-3-11(15)4-9-14/h11,15H,2-10H2,1H3. The normalized spacial score (nSPS) is 24.5. The Labute approximate surface area is 103 Å². The summed E-state index contributed by atoms with van der Waals surface area (Å²) in [4.78, 5) is 14.4. The highest BCUT2D eigenvalue weighted by molar-refractivity contribution is 5.83. The van der Waals surface area contributed by atoms with Gasteiger partial charge in [-0.3, -0.25) is 4.79 Å². The Morgan fingerprint density at radius 2 is 2.06 bits per heavy atom. The average Bonchev–Trinajstić information content (AvgIpc) is 2.28. The largest absolute Gasteiger partial charge is 0.393 e. The average molecular weight is 241 g/mol. The number of aliphatic hydroxyl groups excluding tert-OH is 1. The molecule has 1 aliphatic carbocycles. The van der Waals surface area contributed by atoms with Crippen molar-refractivity contribution in [2.45, 2.75) is 44.6 Å². The summed E-state index contributed by atoms with van der Waals surface area (Å²) in [5.74, 6) is 0.299. The van der Waals surface area contributed by atoms with E-state index in [1.165, 1.54) is 0 Å². The van der Waals surface area contributed by atoms with E-state index in [4.69, 9.17) is 4.74 Å². The van der Waals surface area contributed by atoms with Gasteiger partial charge in [0.25, 0.3) is 0 Å². The Morgan fingerprint density at radius 3 is 2.53 bits per heavy atom. The van der Waals surface area contributed by atoms with E-state index in [0.717, 1.165) is 38.5 Å². The fraction of sp³-hybridized carbons (Fsp3) is 0.923. The Bertz CT molecular complexity index is 268. The third-order valence-corrected chi connectivity index (χ3v) is 4.30. The zero-order valence-electron chi connectivity index (χ0n) is 10.7. The molecule has 4 nitrogen and oxygen atoms in total. The van der Waals surface area contributed by atoms with Gasteiger partial charge in [0.15, 0.2) is 0 Å². The van der Waals surface area contributed by atoms with Gasteiger partial charge in [-0.2, -0.15) is 0 Å². The molecule has 0 spiro atoms. The lowest BCUT2D eigenvalue weighted by Gasteiger charge is -2.45. The summed E-state index contributed by atoms with van der Waals surface area (Å²) in [6, 6.07) is 0. The molecule has 0 radical (unpaired) electrons. The van der Waals surface area contributed by atoms with E-state index in [0.29, 0.717) is 25.6 Å². The van der Waals surface area contributed by atoms with E-state index in [1.807, 2.05) is 4.90 Å². The van der Waals surface area contributed by atoms with Crippen molar-refractivity contribution in [2.24, 2.45) is 5.41 Å². The first kappa shape index (κ1) is 12.8. The summed E-state index contributed by atoms with van der Waals surface area (Å²) < 4.78 is 5.12. The van der Waals surface area contributed by atoms with E-state index in [2.05, 4.69) is 0 Å². The van der Waals surface area contributed by atoms with Crippen LogP contribution in [0.15, 0.2) is 0 Å². The lowest BCUT2D eigenvalue weighted by molar-refractivity contribution is -0.151. The molecule has 1 saturated heterocycles. The summed E-state index contributed by atoms with van der Waals surface area (Å²) in [5.41, 5.74) is -0.141. The third kappa shape index (κ3) is 2.63. The molecule has 0 aromatic carbocycles. The minimum Gasteiger partial charge on any atom is -0.393 e. The Balaban J connectivity index is 1.92. The van der Waals surface area contributed by atoms with Crippen LogP contribution in [0.4, 0.5) is 0 Å². The van der Waals surface area contributed by atoms with Crippen molar-refractivity contribution in [1.82, 2.24) is 4.90 Å². The maximum absolute atomic E-state index is 12.5. The summed E-state index contributed by atoms with van der Waals surface area (Å²) in [6.07, 6.45) is 5.27. The summed E-state index contributed by atoms with van der Waals surface area (Å²) in [6.45, 7) is 2.10. The number of carbonyl (C=O) groups excluding carboxylic acids is 1. The van der Waals surface area contributed by atoms with Crippen molar-refractivity contribution < 1.29 is 14.6 Å². The van der Waals surface area contributed by atoms with Crippen LogP contribution >= 0.6 is 0 Å². The van der Waals surface area contributed by atoms with E-state index in [-0.39, 0.29) is 11.5 Å². The van der Waals surface area contributed by atoms with Crippen molar-refractivity contribution >= 4 is 5.91 Å². The SMILES string of the molecule is COCCC1(C(=O)N2CCC(O)CC2)CCC1. The molecular formula is C13H23NO3. The van der Waals surface area contributed by atoms with Gasteiger partial charge in [0.1, 0.15) is 0 Å². The number of ether oxygens (including phenoxy) is 1. The van der Waals surface area contributed by atoms with Crippen molar-refractivity contribution in [2.75, 3.05) is 26.8 Å². The van der Waals surface area contributed by atoms with Crippen LogP contribution in [-0.4, -0.2) is 48.8 Å². The number of nitrogens with zero attached hydrogens (tertiary/aromatic N) is 1. The second-order valence-corrected chi connectivity index (χ2v) is 5.40. The quantitative estimate of drug-likeness (QED) is 0.804. The lowest BCUT2D eigenvalue weighted by Crippen LogP contribution is -2.51. The first-order valence-electron chi connectivity index (χ1n) is 6.64. The smallest absolute Gasteiger partial charge is 0.228 e. The van der Waals surface area contributed by atoms with Crippen LogP contribution < -0.4 is 0 Å². The van der Waals surface area contributed by atoms with E-state index >= 15 is 0 Å². The van der Waals surface area contributed by atoms with E-state index < -0.39 is 0 Å². The second-order valence-electron chi connectivity index (χ2n) is 5.40. The molecule has 2 rings (SSSR count). The molecule has 0 unspecified atom stereocenters. The lowest BCUT2D eigenvalue weighted by atomic mass is 9.65. The molecule has 1 saturated carbocycles. The van der Waals surface area contributed by atoms with Crippen LogP contribution in [-0.2, 0) is 9.53 Å². The van der Waals surface area contributed by atoms with Gasteiger partial charge in [-0.05, 0) is 32.1 Å². The van der Waals surface area contributed by atoms with Gasteiger partial charge in [-0.25, -0.2) is 0 Å². The number of rotatable bonds is 4. The predicted molar refractivity (Wildman–Crippen MR) is 64.6 cm³/mol. The number of carbonyl (C=O) groups is 1. The van der Waals surface area contributed by atoms with Gasteiger partial charge in [0.05, 0.1) is 11.5 Å². The number of hydrogen-bond acceptors (Lipinski definition) is 3. The summed E-state index contributed by atoms with van der Waals surface area (Å²) in [5, 5.41) is 9.47. The van der Waals surface area contributed by atoms with Crippen LogP contribution in [0.2, 0.25) is 0 Å². The topological polar surface area (TPSA) is 49.8 Å². The molecule has 0 bridgehead atoms. The first-order chi connectivity index (χ1) is 8.18. The molecule has 0 aromatic heterocycles. The van der Waals surface area contributed by atoms with E-state index in [1.54, 1.807) is 7.11 Å². The first-order valence-corrected chi connectivity index (χ1v) is 6.64. The molecule has 2 aliphatic rings. The van der Waals surface area contributed by atoms with Crippen LogP contribution in [0, 0.1) is 5.41 Å². The predicted octanol–water partition coefficient (Wildman–Crippen LogP) is 1.18. The third-order valence-electron chi connectivity index (χ3n) is 4.30. The fourth-order valence-electron chi connectivity index (χ4n) is 2.88. The number of piperidine rings is 1. The molecule has 1 amide bonds. The van der Waals surface area contributed by atoms with Gasteiger partial charge in [-0.1, -0.05) is 6.42 Å². The Hall–Kier alpha value is -0.610. The molecule has 0 aromatic rings. The van der Waals surface area contributed by atoms with Crippen molar-refractivity contribution in [3.8, 4) is 0 Å². The number of likely N-dealkylation sites (tertiary alicyclic amines) is 1. The highest BCUT2D eigenvalue weighted by atomic mass is 16.5. The van der Waals surface area contributed by atoms with Crippen LogP contribution in [0.5, 0.6) is 0 Å². The second kappa shape index (κ2) is 5.36. The fourth-order valence-corrected chi connectivity index (χ4v) is 2.88. The molecule has 17 heavy (non-hydrogen) atoms. The minimum atomic E-state index is -0.213. The number of amides is 1. The van der Waals surface area contributed by atoms with Crippen molar-refractivity contribution in [3.63, 3.8) is 0 Å². The maximum Gasteiger partial charge on any atom is 0.228 e. The number of hydrogen-bond donors (Lipinski definition) is 1. The highest BCUT2D eigenvalue weighted by Crippen LogP contribution is 2.45. The molecule has 98 valence electrons. The van der Waals surface area contributed by atoms with E-state index in [9.17, 15) is 9.90 Å². The number of methoxy groups -OCH3 is 1. The maximum atomic E-state index is 12.5. The zero-order chi connectivity index (χ0) is 12.3. The van der Waals surface area contributed by atoms with Gasteiger partial charge < -0.3 is 14.7 Å². The number of aliphatic hydroxyl groups is 1. The molecule has 1 N–H and O–H groups in total. The Kier molecular flexibility index (Phi) is 4.05. The van der Waals surface area contributed by atoms with Gasteiger partial charge in [0.2, 0.25) is 5.91 Å². The molecular weight excluding hydrogens is 218 g/mol. The van der Waals surface area contributed by atoms with Gasteiger partial charge in [-0.15, -0.1) is 0 Å². The van der Waals surface area contributed by atoms with Crippen molar-refractivity contribution in [1.29, 1.82) is 0 Å². The van der Waals surface area contributed by atoms with Gasteiger partial charge in [0, 0.05) is 26.8 Å². The molecule has 2 fully saturated rings. The van der Waals surface area contributed by atoms with Crippen LogP contribution in [0.3, 0.4) is 0 Å². The van der Waals surface area contributed by atoms with Crippen LogP contribution in [0.1, 0.15) is 38.5 Å². The molecule has 1 heterocycles. The summed E-state index contributed by atoms with van der Waals surface area (Å²) in [7, 11) is 1.69. The zero-order valence-corrected chi connectivity index (χ0v) is 10.7. The highest BCUT2D eigenvalue weighted by Gasteiger charge is 2.46. The summed E-state index contributed by atoms with van der Waals surface area (Å²) >= 11 is 0. The minimum absolute atomic E-state index is 0.141. The monoisotopic (exact) mass is 241 g/mol. The van der Waals surface area contributed by atoms with Crippen LogP contribution in [0.25, 0.3) is 0 Å². The molecule has 0 atom stereocenters. The van der Waals surface area contributed by atoms with Crippen molar-refractivity contribution in [3.05, 3.63) is 0 Å². The molecule has 4 heteroatoms. The molecule has 1 aliphatic heterocycles. The van der Waals surface area contributed by atoms with Gasteiger partial charge >= 0.3 is 0 Å².